The van der Waals surface area contributed by atoms with Crippen molar-refractivity contribution < 1.29 is 4.74 Å². The number of halogens is 1. The number of ether oxygens (including phenoxy) is 1. The molecule has 1 nitrogen and oxygen atoms in total. The molecule has 2 heteroatoms. The Hall–Kier alpha value is 0.250. The highest BCUT2D eigenvalue weighted by Crippen LogP contribution is 2.56. The van der Waals surface area contributed by atoms with Gasteiger partial charge >= 0.3 is 0 Å². The van der Waals surface area contributed by atoms with Crippen LogP contribution >= 0.6 is 11.6 Å². The molecule has 2 aliphatic carbocycles. The molecule has 3 atom stereocenters. The van der Waals surface area contributed by atoms with Gasteiger partial charge in [-0.05, 0) is 32.6 Å². The van der Waals surface area contributed by atoms with Gasteiger partial charge < -0.3 is 4.74 Å². The minimum absolute atomic E-state index is 0.345. The molecule has 19 heavy (non-hydrogen) atoms. The topological polar surface area (TPSA) is 9.23 Å². The Morgan fingerprint density at radius 3 is 2.53 bits per heavy atom. The van der Waals surface area contributed by atoms with Gasteiger partial charge in [0.15, 0.2) is 0 Å². The average molecular weight is 287 g/mol. The fraction of sp³-hybridized carbons (Fsp3) is 1.00. The zero-order chi connectivity index (χ0) is 13.7. The van der Waals surface area contributed by atoms with Crippen molar-refractivity contribution in [3.63, 3.8) is 0 Å². The van der Waals surface area contributed by atoms with Crippen LogP contribution in [0.4, 0.5) is 0 Å². The highest BCUT2D eigenvalue weighted by Gasteiger charge is 2.55. The molecule has 2 rings (SSSR count). The monoisotopic (exact) mass is 286 g/mol. The van der Waals surface area contributed by atoms with Gasteiger partial charge in [-0.2, -0.15) is 0 Å². The van der Waals surface area contributed by atoms with Crippen LogP contribution in [-0.4, -0.2) is 17.6 Å². The molecule has 1 spiro atoms. The molecule has 0 N–H and O–H groups in total. The summed E-state index contributed by atoms with van der Waals surface area (Å²) in [5, 5.41) is 0.380. The third-order valence-electron chi connectivity index (χ3n) is 5.33. The van der Waals surface area contributed by atoms with E-state index in [9.17, 15) is 0 Å². The van der Waals surface area contributed by atoms with Crippen molar-refractivity contribution >= 4 is 11.6 Å². The summed E-state index contributed by atoms with van der Waals surface area (Å²) in [6, 6.07) is 0. The van der Waals surface area contributed by atoms with Crippen LogP contribution in [0.15, 0.2) is 0 Å². The Morgan fingerprint density at radius 1 is 1.16 bits per heavy atom. The first kappa shape index (κ1) is 15.6. The Labute approximate surface area is 124 Å². The first-order valence-corrected chi connectivity index (χ1v) is 8.92. The van der Waals surface area contributed by atoms with Crippen molar-refractivity contribution in [2.75, 3.05) is 0 Å². The predicted molar refractivity (Wildman–Crippen MR) is 82.9 cm³/mol. The molecule has 112 valence electrons. The number of unbranched alkanes of at least 4 members (excludes halogenated alkanes) is 3. The summed E-state index contributed by atoms with van der Waals surface area (Å²) in [5.74, 6) is 0. The summed E-state index contributed by atoms with van der Waals surface area (Å²) in [7, 11) is 0. The third-order valence-corrected chi connectivity index (χ3v) is 5.94. The molecule has 0 aromatic rings. The molecule has 0 saturated heterocycles. The fourth-order valence-electron chi connectivity index (χ4n) is 3.94. The van der Waals surface area contributed by atoms with Crippen molar-refractivity contribution in [2.45, 2.75) is 102 Å². The van der Waals surface area contributed by atoms with E-state index in [1.807, 2.05) is 0 Å². The van der Waals surface area contributed by atoms with E-state index in [-0.39, 0.29) is 0 Å². The van der Waals surface area contributed by atoms with Gasteiger partial charge in [0.1, 0.15) is 0 Å². The Kier molecular flexibility index (Phi) is 6.02. The van der Waals surface area contributed by atoms with E-state index >= 15 is 0 Å². The summed E-state index contributed by atoms with van der Waals surface area (Å²) in [6.45, 7) is 4.52. The molecule has 2 saturated carbocycles. The lowest BCUT2D eigenvalue weighted by atomic mass is 9.58. The van der Waals surface area contributed by atoms with Crippen molar-refractivity contribution in [1.82, 2.24) is 0 Å². The van der Waals surface area contributed by atoms with Crippen LogP contribution in [0.5, 0.6) is 0 Å². The lowest BCUT2D eigenvalue weighted by molar-refractivity contribution is -0.150. The van der Waals surface area contributed by atoms with E-state index in [4.69, 9.17) is 16.3 Å². The van der Waals surface area contributed by atoms with Crippen molar-refractivity contribution in [2.24, 2.45) is 5.41 Å². The summed E-state index contributed by atoms with van der Waals surface area (Å²) in [6.07, 6.45) is 15.2. The minimum atomic E-state index is 0.345. The molecule has 0 amide bonds. The van der Waals surface area contributed by atoms with Crippen molar-refractivity contribution in [3.8, 4) is 0 Å². The average Bonchev–Trinajstić information content (AvgIpc) is 2.44. The molecular weight excluding hydrogens is 256 g/mol. The smallest absolute Gasteiger partial charge is 0.0663 e. The number of alkyl halides is 1. The van der Waals surface area contributed by atoms with E-state index in [0.29, 0.717) is 23.0 Å². The maximum Gasteiger partial charge on any atom is 0.0663 e. The van der Waals surface area contributed by atoms with Gasteiger partial charge in [0.05, 0.1) is 12.2 Å². The SMILES string of the molecule is CCCCCCC(C)OC1CC(Cl)C12CCCCC2. The van der Waals surface area contributed by atoms with Gasteiger partial charge in [0.2, 0.25) is 0 Å². The number of hydrogen-bond acceptors (Lipinski definition) is 1. The molecule has 2 fully saturated rings. The van der Waals surface area contributed by atoms with Gasteiger partial charge in [0.25, 0.3) is 0 Å². The first-order valence-electron chi connectivity index (χ1n) is 8.48. The predicted octanol–water partition coefficient (Wildman–Crippen LogP) is 5.69. The summed E-state index contributed by atoms with van der Waals surface area (Å²) < 4.78 is 6.35. The first-order chi connectivity index (χ1) is 9.19. The van der Waals surface area contributed by atoms with Crippen molar-refractivity contribution in [3.05, 3.63) is 0 Å². The quantitative estimate of drug-likeness (QED) is 0.431. The van der Waals surface area contributed by atoms with Crippen LogP contribution in [0.3, 0.4) is 0 Å². The Morgan fingerprint density at radius 2 is 1.89 bits per heavy atom. The second kappa shape index (κ2) is 7.31. The van der Waals surface area contributed by atoms with E-state index < -0.39 is 0 Å². The van der Waals surface area contributed by atoms with Crippen LogP contribution in [0.1, 0.15) is 84.5 Å². The maximum atomic E-state index is 6.53. The van der Waals surface area contributed by atoms with Gasteiger partial charge in [-0.3, -0.25) is 0 Å². The summed E-state index contributed by atoms with van der Waals surface area (Å²) >= 11 is 6.53. The molecule has 0 aromatic heterocycles. The molecular formula is C17H31ClO. The standard InChI is InChI=1S/C17H31ClO/c1-3-4-5-7-10-14(2)19-16-13-15(18)17(16)11-8-6-9-12-17/h14-16H,3-13H2,1-2H3. The summed E-state index contributed by atoms with van der Waals surface area (Å²) in [5.41, 5.74) is 0.345. The third kappa shape index (κ3) is 3.67. The van der Waals surface area contributed by atoms with E-state index in [1.54, 1.807) is 0 Å². The van der Waals surface area contributed by atoms with Crippen LogP contribution < -0.4 is 0 Å². The van der Waals surface area contributed by atoms with Crippen molar-refractivity contribution in [1.29, 1.82) is 0 Å². The molecule has 0 aliphatic heterocycles. The largest absolute Gasteiger partial charge is 0.375 e. The Balaban J connectivity index is 1.72. The van der Waals surface area contributed by atoms with Gasteiger partial charge in [-0.25, -0.2) is 0 Å². The number of rotatable bonds is 7. The zero-order valence-corrected chi connectivity index (χ0v) is 13.6. The maximum absolute atomic E-state index is 6.53. The second-order valence-corrected chi connectivity index (χ2v) is 7.31. The highest BCUT2D eigenvalue weighted by molar-refractivity contribution is 6.21. The number of hydrogen-bond donors (Lipinski definition) is 0. The molecule has 0 aromatic carbocycles. The lowest BCUT2D eigenvalue weighted by Gasteiger charge is -2.56. The van der Waals surface area contributed by atoms with Gasteiger partial charge in [0, 0.05) is 10.8 Å². The summed E-state index contributed by atoms with van der Waals surface area (Å²) in [4.78, 5) is 0. The Bertz CT molecular complexity index is 260. The van der Waals surface area contributed by atoms with Crippen LogP contribution in [0, 0.1) is 5.41 Å². The van der Waals surface area contributed by atoms with E-state index in [2.05, 4.69) is 13.8 Å². The normalized spacial score (nSPS) is 31.1. The van der Waals surface area contributed by atoms with Gasteiger partial charge in [-0.1, -0.05) is 51.9 Å². The lowest BCUT2D eigenvalue weighted by Crippen LogP contribution is -2.57. The molecule has 0 heterocycles. The van der Waals surface area contributed by atoms with Crippen LogP contribution in [0.25, 0.3) is 0 Å². The molecule has 0 radical (unpaired) electrons. The molecule has 0 bridgehead atoms. The fourth-order valence-corrected chi connectivity index (χ4v) is 4.46. The van der Waals surface area contributed by atoms with Crippen LogP contribution in [-0.2, 0) is 4.74 Å². The highest BCUT2D eigenvalue weighted by atomic mass is 35.5. The molecule has 2 aliphatic rings. The zero-order valence-electron chi connectivity index (χ0n) is 12.8. The van der Waals surface area contributed by atoms with Gasteiger partial charge in [-0.15, -0.1) is 11.6 Å². The second-order valence-electron chi connectivity index (χ2n) is 6.78. The van der Waals surface area contributed by atoms with E-state index in [0.717, 1.165) is 6.42 Å². The minimum Gasteiger partial charge on any atom is -0.375 e. The molecule has 3 unspecified atom stereocenters. The van der Waals surface area contributed by atoms with Crippen LogP contribution in [0.2, 0.25) is 0 Å². The van der Waals surface area contributed by atoms with E-state index in [1.165, 1.54) is 64.2 Å².